The topological polar surface area (TPSA) is 63.4 Å². The van der Waals surface area contributed by atoms with E-state index in [1.165, 1.54) is 28.8 Å². The lowest BCUT2D eigenvalue weighted by Crippen LogP contribution is -2.36. The van der Waals surface area contributed by atoms with Crippen LogP contribution in [0.3, 0.4) is 0 Å². The van der Waals surface area contributed by atoms with Crippen molar-refractivity contribution in [2.24, 2.45) is 0 Å². The fourth-order valence-corrected chi connectivity index (χ4v) is 4.78. The molecule has 1 aliphatic heterocycles. The van der Waals surface area contributed by atoms with E-state index in [1.807, 2.05) is 0 Å². The van der Waals surface area contributed by atoms with Crippen molar-refractivity contribution in [2.45, 2.75) is 24.7 Å². The van der Waals surface area contributed by atoms with Gasteiger partial charge in [-0.2, -0.15) is 0 Å². The van der Waals surface area contributed by atoms with Crippen molar-refractivity contribution < 1.29 is 17.2 Å². The van der Waals surface area contributed by atoms with Crippen LogP contribution >= 0.6 is 0 Å². The number of oxazole rings is 1. The summed E-state index contributed by atoms with van der Waals surface area (Å²) in [5.74, 6) is 0.0255. The largest absolute Gasteiger partial charge is 0.449 e. The van der Waals surface area contributed by atoms with Gasteiger partial charge in [0.05, 0.1) is 10.6 Å². The maximum absolute atomic E-state index is 14.3. The number of para-hydroxylation sites is 1. The van der Waals surface area contributed by atoms with E-state index < -0.39 is 15.8 Å². The maximum atomic E-state index is 14.3. The second-order valence-electron chi connectivity index (χ2n) is 6.20. The Hall–Kier alpha value is -2.67. The van der Waals surface area contributed by atoms with E-state index in [2.05, 4.69) is 4.98 Å². The van der Waals surface area contributed by atoms with E-state index in [9.17, 15) is 12.8 Å². The van der Waals surface area contributed by atoms with Gasteiger partial charge >= 0.3 is 0 Å². The Morgan fingerprint density at radius 3 is 2.62 bits per heavy atom. The molecule has 0 bridgehead atoms. The first-order chi connectivity index (χ1) is 12.5. The molecular weight excluding hydrogens is 355 g/mol. The minimum Gasteiger partial charge on any atom is -0.449 e. The zero-order chi connectivity index (χ0) is 18.3. The minimum absolute atomic E-state index is 0.123. The molecule has 0 saturated carbocycles. The van der Waals surface area contributed by atoms with Crippen LogP contribution in [0, 0.1) is 12.7 Å². The molecule has 0 fully saturated rings. The Kier molecular flexibility index (Phi) is 4.03. The Morgan fingerprint density at radius 1 is 1.15 bits per heavy atom. The number of rotatable bonds is 3. The lowest BCUT2D eigenvalue weighted by molar-refractivity contribution is 0.521. The molecule has 26 heavy (non-hydrogen) atoms. The van der Waals surface area contributed by atoms with E-state index >= 15 is 0 Å². The zero-order valence-corrected chi connectivity index (χ0v) is 15.0. The van der Waals surface area contributed by atoms with Gasteiger partial charge in [0.25, 0.3) is 10.0 Å². The third-order valence-electron chi connectivity index (χ3n) is 4.48. The second kappa shape index (κ2) is 6.25. The van der Waals surface area contributed by atoms with Crippen LogP contribution in [0.2, 0.25) is 0 Å². The molecule has 4 rings (SSSR count). The van der Waals surface area contributed by atoms with Gasteiger partial charge in [-0.15, -0.1) is 0 Å². The average molecular weight is 372 g/mol. The van der Waals surface area contributed by atoms with Crippen molar-refractivity contribution in [3.63, 3.8) is 0 Å². The number of hydrogen-bond donors (Lipinski definition) is 0. The minimum atomic E-state index is -3.84. The lowest BCUT2D eigenvalue weighted by Gasteiger charge is -2.30. The summed E-state index contributed by atoms with van der Waals surface area (Å²) in [6, 6.07) is 11.1. The molecule has 2 aromatic carbocycles. The van der Waals surface area contributed by atoms with E-state index in [1.54, 1.807) is 31.2 Å². The monoisotopic (exact) mass is 372 g/mol. The molecule has 0 atom stereocenters. The number of sulfonamides is 1. The highest BCUT2D eigenvalue weighted by molar-refractivity contribution is 7.92. The van der Waals surface area contributed by atoms with Crippen LogP contribution in [0.5, 0.6) is 0 Å². The van der Waals surface area contributed by atoms with Crippen LogP contribution in [0.4, 0.5) is 10.1 Å². The first kappa shape index (κ1) is 16.8. The highest BCUT2D eigenvalue weighted by Crippen LogP contribution is 2.34. The third kappa shape index (κ3) is 2.78. The highest BCUT2D eigenvalue weighted by atomic mass is 32.2. The summed E-state index contributed by atoms with van der Waals surface area (Å²) in [5.41, 5.74) is 2.27. The van der Waals surface area contributed by atoms with Crippen molar-refractivity contribution in [1.29, 1.82) is 0 Å². The number of aryl methyl sites for hydroxylation is 2. The van der Waals surface area contributed by atoms with Gasteiger partial charge in [0.1, 0.15) is 17.8 Å². The SMILES string of the molecule is Cc1nc(-c2ccc(S(=O)(=O)N3CCCc4cccc(F)c43)cc2)co1. The van der Waals surface area contributed by atoms with Crippen molar-refractivity contribution in [3.05, 3.63) is 66.0 Å². The first-order valence-corrected chi connectivity index (χ1v) is 9.73. The van der Waals surface area contributed by atoms with Crippen LogP contribution in [0.25, 0.3) is 11.3 Å². The van der Waals surface area contributed by atoms with Crippen molar-refractivity contribution in [3.8, 4) is 11.3 Å². The molecule has 3 aromatic rings. The molecule has 1 aromatic heterocycles. The number of hydrogen-bond acceptors (Lipinski definition) is 4. The van der Waals surface area contributed by atoms with Crippen LogP contribution in [-0.2, 0) is 16.4 Å². The fraction of sp³-hybridized carbons (Fsp3) is 0.211. The number of anilines is 1. The Labute approximate surface area is 151 Å². The van der Waals surface area contributed by atoms with Crippen LogP contribution < -0.4 is 4.31 Å². The molecular formula is C19H17FN2O3S. The summed E-state index contributed by atoms with van der Waals surface area (Å²) in [5, 5.41) is 0. The van der Waals surface area contributed by atoms with Gasteiger partial charge in [-0.3, -0.25) is 4.31 Å². The van der Waals surface area contributed by atoms with Gasteiger partial charge in [-0.05, 0) is 36.6 Å². The average Bonchev–Trinajstić information content (AvgIpc) is 3.08. The quantitative estimate of drug-likeness (QED) is 0.699. The van der Waals surface area contributed by atoms with Gasteiger partial charge in [-0.1, -0.05) is 24.3 Å². The lowest BCUT2D eigenvalue weighted by atomic mass is 10.0. The summed E-state index contributed by atoms with van der Waals surface area (Å²) >= 11 is 0. The number of halogens is 1. The van der Waals surface area contributed by atoms with Crippen LogP contribution in [-0.4, -0.2) is 19.9 Å². The molecule has 7 heteroatoms. The summed E-state index contributed by atoms with van der Waals surface area (Å²) in [4.78, 5) is 4.35. The van der Waals surface area contributed by atoms with Gasteiger partial charge in [0, 0.05) is 19.0 Å². The van der Waals surface area contributed by atoms with Gasteiger partial charge in [0.15, 0.2) is 5.89 Å². The molecule has 0 spiro atoms. The van der Waals surface area contributed by atoms with Crippen LogP contribution in [0.15, 0.2) is 58.0 Å². The number of nitrogens with zero attached hydrogens (tertiary/aromatic N) is 2. The van der Waals surface area contributed by atoms with Gasteiger partial charge in [0.2, 0.25) is 0 Å². The molecule has 0 saturated heterocycles. The van der Waals surface area contributed by atoms with E-state index in [4.69, 9.17) is 4.42 Å². The van der Waals surface area contributed by atoms with E-state index in [0.29, 0.717) is 24.4 Å². The molecule has 0 amide bonds. The Morgan fingerprint density at radius 2 is 1.92 bits per heavy atom. The fourth-order valence-electron chi connectivity index (χ4n) is 3.23. The van der Waals surface area contributed by atoms with Crippen molar-refractivity contribution in [2.75, 3.05) is 10.8 Å². The Bertz CT molecular complexity index is 1060. The summed E-state index contributed by atoms with van der Waals surface area (Å²) in [6.07, 6.45) is 2.85. The van der Waals surface area contributed by atoms with Crippen molar-refractivity contribution in [1.82, 2.24) is 4.98 Å². The zero-order valence-electron chi connectivity index (χ0n) is 14.1. The normalized spacial score (nSPS) is 14.3. The molecule has 0 radical (unpaired) electrons. The van der Waals surface area contributed by atoms with Crippen LogP contribution in [0.1, 0.15) is 17.9 Å². The third-order valence-corrected chi connectivity index (χ3v) is 6.30. The molecule has 0 aliphatic carbocycles. The first-order valence-electron chi connectivity index (χ1n) is 8.29. The summed E-state index contributed by atoms with van der Waals surface area (Å²) in [6.45, 7) is 2.01. The molecule has 1 aliphatic rings. The number of benzene rings is 2. The second-order valence-corrected chi connectivity index (χ2v) is 8.07. The standard InChI is InChI=1S/C19H17FN2O3S/c1-13-21-18(12-25-13)14-7-9-16(10-8-14)26(23,24)22-11-3-5-15-4-2-6-17(20)19(15)22/h2,4,6-10,12H,3,5,11H2,1H3. The van der Waals surface area contributed by atoms with E-state index in [0.717, 1.165) is 11.1 Å². The maximum Gasteiger partial charge on any atom is 0.264 e. The molecule has 2 heterocycles. The number of aromatic nitrogens is 1. The summed E-state index contributed by atoms with van der Waals surface area (Å²) in [7, 11) is -3.84. The predicted octanol–water partition coefficient (Wildman–Crippen LogP) is 3.93. The van der Waals surface area contributed by atoms with Crippen molar-refractivity contribution >= 4 is 15.7 Å². The highest BCUT2D eigenvalue weighted by Gasteiger charge is 2.31. The van der Waals surface area contributed by atoms with Gasteiger partial charge in [-0.25, -0.2) is 17.8 Å². The Balaban J connectivity index is 1.72. The molecule has 134 valence electrons. The predicted molar refractivity (Wildman–Crippen MR) is 95.9 cm³/mol. The summed E-state index contributed by atoms with van der Waals surface area (Å²) < 4.78 is 46.9. The molecule has 5 nitrogen and oxygen atoms in total. The molecule has 0 N–H and O–H groups in total. The molecule has 0 unspecified atom stereocenters. The number of fused-ring (bicyclic) bond motifs is 1. The van der Waals surface area contributed by atoms with Gasteiger partial charge < -0.3 is 4.42 Å². The smallest absolute Gasteiger partial charge is 0.264 e. The van der Waals surface area contributed by atoms with E-state index in [-0.39, 0.29) is 17.1 Å².